The molecule has 1 saturated heterocycles. The maximum absolute atomic E-state index is 13.1. The predicted molar refractivity (Wildman–Crippen MR) is 113 cm³/mol. The fraction of sp³-hybridized carbons (Fsp3) is 0.364. The Morgan fingerprint density at radius 3 is 2.36 bits per heavy atom. The van der Waals surface area contributed by atoms with Gasteiger partial charge in [0.05, 0.1) is 11.3 Å². The van der Waals surface area contributed by atoms with Crippen molar-refractivity contribution in [3.05, 3.63) is 59.7 Å². The fourth-order valence-corrected chi connectivity index (χ4v) is 3.36. The average molecular weight is 380 g/mol. The van der Waals surface area contributed by atoms with Crippen LogP contribution in [0.25, 0.3) is 0 Å². The second-order valence-corrected chi connectivity index (χ2v) is 7.42. The highest BCUT2D eigenvalue weighted by molar-refractivity contribution is 6.03. The number of aryl methyl sites for hydroxylation is 1. The van der Waals surface area contributed by atoms with E-state index < -0.39 is 0 Å². The fourth-order valence-electron chi connectivity index (χ4n) is 3.36. The summed E-state index contributed by atoms with van der Waals surface area (Å²) in [4.78, 5) is 29.3. The lowest BCUT2D eigenvalue weighted by Crippen LogP contribution is -2.49. The van der Waals surface area contributed by atoms with Crippen molar-refractivity contribution in [2.75, 3.05) is 36.4 Å². The van der Waals surface area contributed by atoms with E-state index in [9.17, 15) is 9.59 Å². The number of piperazine rings is 1. The van der Waals surface area contributed by atoms with Crippen LogP contribution in [0.1, 0.15) is 29.8 Å². The van der Waals surface area contributed by atoms with Gasteiger partial charge in [-0.05, 0) is 50.6 Å². The Hall–Kier alpha value is -3.02. The van der Waals surface area contributed by atoms with Crippen LogP contribution in [0.4, 0.5) is 16.2 Å². The maximum atomic E-state index is 13.1. The number of rotatable bonds is 4. The zero-order chi connectivity index (χ0) is 20.1. The summed E-state index contributed by atoms with van der Waals surface area (Å²) < 4.78 is 0. The first kappa shape index (κ1) is 19.7. The number of para-hydroxylation sites is 1. The molecule has 148 valence electrons. The van der Waals surface area contributed by atoms with E-state index in [0.29, 0.717) is 24.3 Å². The van der Waals surface area contributed by atoms with Crippen molar-refractivity contribution < 1.29 is 9.59 Å². The molecule has 0 aromatic heterocycles. The molecule has 0 atom stereocenters. The minimum absolute atomic E-state index is 0.0255. The van der Waals surface area contributed by atoms with Crippen LogP contribution in [0, 0.1) is 6.92 Å². The van der Waals surface area contributed by atoms with Crippen LogP contribution in [0.5, 0.6) is 0 Å². The smallest absolute Gasteiger partial charge is 0.319 e. The third-order valence-electron chi connectivity index (χ3n) is 4.76. The molecule has 3 rings (SSSR count). The summed E-state index contributed by atoms with van der Waals surface area (Å²) in [5.74, 6) is -0.0515. The molecule has 1 heterocycles. The molecule has 3 amide bonds. The van der Waals surface area contributed by atoms with Crippen molar-refractivity contribution in [3.63, 3.8) is 0 Å². The lowest BCUT2D eigenvalue weighted by atomic mass is 10.1. The van der Waals surface area contributed by atoms with E-state index in [1.165, 1.54) is 11.3 Å². The topological polar surface area (TPSA) is 64.7 Å². The molecule has 1 fully saturated rings. The molecular formula is C22H28N4O2. The first-order valence-corrected chi connectivity index (χ1v) is 9.71. The molecule has 1 aliphatic rings. The van der Waals surface area contributed by atoms with Gasteiger partial charge in [0.25, 0.3) is 5.91 Å². The molecule has 0 spiro atoms. The number of benzene rings is 2. The number of carbonyl (C=O) groups excluding carboxylic acids is 2. The second-order valence-electron chi connectivity index (χ2n) is 7.42. The Balaban J connectivity index is 1.66. The number of amides is 3. The van der Waals surface area contributed by atoms with Crippen LogP contribution in [-0.4, -0.2) is 49.1 Å². The van der Waals surface area contributed by atoms with Gasteiger partial charge in [0.2, 0.25) is 0 Å². The third-order valence-corrected chi connectivity index (χ3v) is 4.76. The lowest BCUT2D eigenvalue weighted by Gasteiger charge is -2.36. The van der Waals surface area contributed by atoms with Crippen LogP contribution < -0.4 is 15.5 Å². The van der Waals surface area contributed by atoms with Crippen LogP contribution >= 0.6 is 0 Å². The zero-order valence-electron chi connectivity index (χ0n) is 16.7. The average Bonchev–Trinajstić information content (AvgIpc) is 2.67. The Kier molecular flexibility index (Phi) is 6.19. The number of anilines is 2. The number of nitrogens with one attached hydrogen (secondary N) is 2. The first-order chi connectivity index (χ1) is 13.4. The molecule has 0 aliphatic carbocycles. The molecule has 28 heavy (non-hydrogen) atoms. The molecular weight excluding hydrogens is 352 g/mol. The van der Waals surface area contributed by atoms with Crippen LogP contribution in [0.3, 0.4) is 0 Å². The Morgan fingerprint density at radius 1 is 0.964 bits per heavy atom. The zero-order valence-corrected chi connectivity index (χ0v) is 16.7. The summed E-state index contributed by atoms with van der Waals surface area (Å²) in [5.41, 5.74) is 3.48. The van der Waals surface area contributed by atoms with E-state index >= 15 is 0 Å². The van der Waals surface area contributed by atoms with Gasteiger partial charge in [0.15, 0.2) is 0 Å². The molecule has 2 N–H and O–H groups in total. The Morgan fingerprint density at radius 2 is 1.68 bits per heavy atom. The number of urea groups is 1. The van der Waals surface area contributed by atoms with E-state index in [1.807, 2.05) is 30.9 Å². The van der Waals surface area contributed by atoms with Crippen molar-refractivity contribution in [2.45, 2.75) is 26.8 Å². The summed E-state index contributed by atoms with van der Waals surface area (Å²) in [7, 11) is 0. The minimum Gasteiger partial charge on any atom is -0.368 e. The van der Waals surface area contributed by atoms with Gasteiger partial charge in [-0.1, -0.05) is 24.3 Å². The molecule has 6 nitrogen and oxygen atoms in total. The minimum atomic E-state index is -0.306. The van der Waals surface area contributed by atoms with Gasteiger partial charge < -0.3 is 20.4 Å². The van der Waals surface area contributed by atoms with Gasteiger partial charge in [0, 0.05) is 37.9 Å². The summed E-state index contributed by atoms with van der Waals surface area (Å²) in [5, 5.41) is 5.58. The molecule has 0 saturated carbocycles. The SMILES string of the molecule is Cc1cccc(N2CCN(C(=O)c3ccccc3NC(=O)NC(C)C)CC2)c1. The Bertz CT molecular complexity index is 842. The normalized spacial score (nSPS) is 14.1. The van der Waals surface area contributed by atoms with Crippen molar-refractivity contribution >= 4 is 23.3 Å². The standard InChI is InChI=1S/C22H28N4O2/c1-16(2)23-22(28)24-20-10-5-4-9-19(20)21(27)26-13-11-25(12-14-26)18-8-6-7-17(3)15-18/h4-10,15-16H,11-14H2,1-3H3,(H2,23,24,28). The maximum Gasteiger partial charge on any atom is 0.319 e. The van der Waals surface area contributed by atoms with Gasteiger partial charge in [-0.15, -0.1) is 0 Å². The van der Waals surface area contributed by atoms with E-state index in [1.54, 1.807) is 12.1 Å². The van der Waals surface area contributed by atoms with E-state index in [2.05, 4.69) is 46.7 Å². The summed E-state index contributed by atoms with van der Waals surface area (Å²) in [6.07, 6.45) is 0. The highest BCUT2D eigenvalue weighted by Gasteiger charge is 2.24. The molecule has 0 bridgehead atoms. The quantitative estimate of drug-likeness (QED) is 0.853. The van der Waals surface area contributed by atoms with Crippen molar-refractivity contribution in [3.8, 4) is 0 Å². The van der Waals surface area contributed by atoms with Crippen molar-refractivity contribution in [2.24, 2.45) is 0 Å². The molecule has 1 aliphatic heterocycles. The number of hydrogen-bond donors (Lipinski definition) is 2. The molecule has 0 radical (unpaired) electrons. The third kappa shape index (κ3) is 4.82. The highest BCUT2D eigenvalue weighted by atomic mass is 16.2. The highest BCUT2D eigenvalue weighted by Crippen LogP contribution is 2.21. The first-order valence-electron chi connectivity index (χ1n) is 9.71. The second kappa shape index (κ2) is 8.78. The summed E-state index contributed by atoms with van der Waals surface area (Å²) in [6.45, 7) is 8.76. The van der Waals surface area contributed by atoms with Crippen LogP contribution in [-0.2, 0) is 0 Å². The van der Waals surface area contributed by atoms with Gasteiger partial charge in [-0.2, -0.15) is 0 Å². The number of nitrogens with zero attached hydrogens (tertiary/aromatic N) is 2. The largest absolute Gasteiger partial charge is 0.368 e. The summed E-state index contributed by atoms with van der Waals surface area (Å²) in [6, 6.07) is 15.3. The molecule has 2 aromatic rings. The van der Waals surface area contributed by atoms with Crippen molar-refractivity contribution in [1.82, 2.24) is 10.2 Å². The summed E-state index contributed by atoms with van der Waals surface area (Å²) >= 11 is 0. The Labute approximate surface area is 166 Å². The van der Waals surface area contributed by atoms with Gasteiger partial charge in [0.1, 0.15) is 0 Å². The number of hydrogen-bond acceptors (Lipinski definition) is 3. The van der Waals surface area contributed by atoms with Gasteiger partial charge >= 0.3 is 6.03 Å². The van der Waals surface area contributed by atoms with E-state index in [0.717, 1.165) is 13.1 Å². The molecule has 2 aromatic carbocycles. The van der Waals surface area contributed by atoms with E-state index in [-0.39, 0.29) is 18.0 Å². The lowest BCUT2D eigenvalue weighted by molar-refractivity contribution is 0.0748. The van der Waals surface area contributed by atoms with Crippen LogP contribution in [0.2, 0.25) is 0 Å². The van der Waals surface area contributed by atoms with Gasteiger partial charge in [-0.3, -0.25) is 4.79 Å². The monoisotopic (exact) mass is 380 g/mol. The predicted octanol–water partition coefficient (Wildman–Crippen LogP) is 3.49. The van der Waals surface area contributed by atoms with Gasteiger partial charge in [-0.25, -0.2) is 4.79 Å². The van der Waals surface area contributed by atoms with Crippen molar-refractivity contribution in [1.29, 1.82) is 0 Å². The van der Waals surface area contributed by atoms with E-state index in [4.69, 9.17) is 0 Å². The molecule has 0 unspecified atom stereocenters. The number of carbonyl (C=O) groups is 2. The molecule has 6 heteroatoms. The van der Waals surface area contributed by atoms with Crippen LogP contribution in [0.15, 0.2) is 48.5 Å².